The molecule has 5 heteroatoms. The maximum Gasteiger partial charge on any atom is 0.244 e. The van der Waals surface area contributed by atoms with E-state index in [0.29, 0.717) is 5.02 Å². The number of carbonyl (C=O) groups is 1. The first-order chi connectivity index (χ1) is 7.02. The molecule has 1 aromatic heterocycles. The molecule has 0 aromatic carbocycles. The van der Waals surface area contributed by atoms with Crippen molar-refractivity contribution in [3.63, 3.8) is 0 Å². The zero-order valence-corrected chi connectivity index (χ0v) is 9.75. The largest absolute Gasteiger partial charge is 0.373 e. The lowest BCUT2D eigenvalue weighted by molar-refractivity contribution is -0.129. The summed E-state index contributed by atoms with van der Waals surface area (Å²) in [5.41, 5.74) is 0.717. The zero-order chi connectivity index (χ0) is 11.4. The van der Waals surface area contributed by atoms with Crippen LogP contribution in [-0.2, 0) is 4.79 Å². The van der Waals surface area contributed by atoms with E-state index in [9.17, 15) is 4.79 Å². The van der Waals surface area contributed by atoms with Crippen LogP contribution in [0.3, 0.4) is 0 Å². The maximum atomic E-state index is 11.6. The summed E-state index contributed by atoms with van der Waals surface area (Å²) in [6, 6.07) is 1.43. The Morgan fingerprint density at radius 2 is 2.27 bits per heavy atom. The van der Waals surface area contributed by atoms with Gasteiger partial charge in [-0.15, -0.1) is 0 Å². The van der Waals surface area contributed by atoms with Crippen LogP contribution in [-0.4, -0.2) is 35.9 Å². The Bertz CT molecular complexity index is 354. The van der Waals surface area contributed by atoms with Crippen LogP contribution in [0.2, 0.25) is 5.02 Å². The van der Waals surface area contributed by atoms with E-state index in [1.54, 1.807) is 33.3 Å². The smallest absolute Gasteiger partial charge is 0.244 e. The molecule has 0 aliphatic rings. The van der Waals surface area contributed by atoms with Crippen molar-refractivity contribution in [1.82, 2.24) is 9.88 Å². The predicted molar refractivity (Wildman–Crippen MR) is 61.0 cm³/mol. The predicted octanol–water partition coefficient (Wildman–Crippen LogP) is 1.62. The van der Waals surface area contributed by atoms with Crippen LogP contribution < -0.4 is 5.32 Å². The summed E-state index contributed by atoms with van der Waals surface area (Å²) in [5, 5.41) is 3.54. The van der Waals surface area contributed by atoms with Gasteiger partial charge in [0.2, 0.25) is 5.91 Å². The van der Waals surface area contributed by atoms with E-state index in [1.807, 2.05) is 0 Å². The normalized spacial score (nSPS) is 12.0. The molecule has 15 heavy (non-hydrogen) atoms. The van der Waals surface area contributed by atoms with Gasteiger partial charge in [-0.25, -0.2) is 0 Å². The van der Waals surface area contributed by atoms with Crippen LogP contribution >= 0.6 is 11.6 Å². The number of halogens is 1. The van der Waals surface area contributed by atoms with E-state index in [4.69, 9.17) is 11.6 Å². The highest BCUT2D eigenvalue weighted by atomic mass is 35.5. The molecule has 0 radical (unpaired) electrons. The Labute approximate surface area is 94.3 Å². The SMILES string of the molecule is CC(Nc1ccncc1Cl)C(=O)N(C)C. The minimum absolute atomic E-state index is 0.00267. The summed E-state index contributed by atoms with van der Waals surface area (Å²) >= 11 is 5.90. The molecule has 1 N–H and O–H groups in total. The quantitative estimate of drug-likeness (QED) is 0.854. The summed E-state index contributed by atoms with van der Waals surface area (Å²) in [6.45, 7) is 1.79. The second-order valence-corrected chi connectivity index (χ2v) is 3.86. The third kappa shape index (κ3) is 3.09. The summed E-state index contributed by atoms with van der Waals surface area (Å²) in [4.78, 5) is 17.0. The van der Waals surface area contributed by atoms with E-state index in [1.165, 1.54) is 11.1 Å². The highest BCUT2D eigenvalue weighted by molar-refractivity contribution is 6.33. The first-order valence-electron chi connectivity index (χ1n) is 4.59. The molecule has 1 aromatic rings. The van der Waals surface area contributed by atoms with Crippen molar-refractivity contribution in [3.05, 3.63) is 23.5 Å². The molecule has 1 unspecified atom stereocenters. The van der Waals surface area contributed by atoms with Crippen molar-refractivity contribution in [2.45, 2.75) is 13.0 Å². The number of anilines is 1. The number of amides is 1. The average Bonchev–Trinajstić information content (AvgIpc) is 2.20. The Balaban J connectivity index is 2.71. The number of likely N-dealkylation sites (N-methyl/N-ethyl adjacent to an activating group) is 1. The Kier molecular flexibility index (Phi) is 3.91. The number of carbonyl (C=O) groups excluding carboxylic acids is 1. The van der Waals surface area contributed by atoms with Gasteiger partial charge in [-0.3, -0.25) is 9.78 Å². The summed E-state index contributed by atoms with van der Waals surface area (Å²) in [5.74, 6) is 0.00267. The second-order valence-electron chi connectivity index (χ2n) is 3.45. The minimum atomic E-state index is -0.306. The van der Waals surface area contributed by atoms with E-state index >= 15 is 0 Å². The minimum Gasteiger partial charge on any atom is -0.373 e. The molecule has 0 bridgehead atoms. The molecule has 0 aliphatic heterocycles. The lowest BCUT2D eigenvalue weighted by Crippen LogP contribution is -2.36. The molecule has 1 heterocycles. The highest BCUT2D eigenvalue weighted by Crippen LogP contribution is 2.20. The third-order valence-electron chi connectivity index (χ3n) is 1.96. The van der Waals surface area contributed by atoms with Gasteiger partial charge in [0.15, 0.2) is 0 Å². The zero-order valence-electron chi connectivity index (χ0n) is 8.99. The molecule has 0 saturated carbocycles. The van der Waals surface area contributed by atoms with E-state index in [2.05, 4.69) is 10.3 Å². The third-order valence-corrected chi connectivity index (χ3v) is 2.26. The Morgan fingerprint density at radius 3 is 2.80 bits per heavy atom. The number of aromatic nitrogens is 1. The van der Waals surface area contributed by atoms with Crippen molar-refractivity contribution < 1.29 is 4.79 Å². The Morgan fingerprint density at radius 1 is 1.60 bits per heavy atom. The number of pyridine rings is 1. The van der Waals surface area contributed by atoms with Gasteiger partial charge in [-0.2, -0.15) is 0 Å². The first-order valence-corrected chi connectivity index (χ1v) is 4.97. The molecule has 4 nitrogen and oxygen atoms in total. The summed E-state index contributed by atoms with van der Waals surface area (Å²) < 4.78 is 0. The molecule has 0 aliphatic carbocycles. The van der Waals surface area contributed by atoms with Gasteiger partial charge < -0.3 is 10.2 Å². The maximum absolute atomic E-state index is 11.6. The summed E-state index contributed by atoms with van der Waals surface area (Å²) in [7, 11) is 3.43. The topological polar surface area (TPSA) is 45.2 Å². The average molecular weight is 228 g/mol. The van der Waals surface area contributed by atoms with Crippen LogP contribution in [0.4, 0.5) is 5.69 Å². The molecule has 1 atom stereocenters. The number of nitrogens with zero attached hydrogens (tertiary/aromatic N) is 2. The van der Waals surface area contributed by atoms with Crippen LogP contribution in [0, 0.1) is 0 Å². The van der Waals surface area contributed by atoms with Crippen LogP contribution in [0.15, 0.2) is 18.5 Å². The Hall–Kier alpha value is -1.29. The molecule has 82 valence electrons. The lowest BCUT2D eigenvalue weighted by Gasteiger charge is -2.19. The number of hydrogen-bond donors (Lipinski definition) is 1. The van der Waals surface area contributed by atoms with Gasteiger partial charge in [-0.1, -0.05) is 11.6 Å². The highest BCUT2D eigenvalue weighted by Gasteiger charge is 2.15. The van der Waals surface area contributed by atoms with Crippen LogP contribution in [0.1, 0.15) is 6.92 Å². The first kappa shape index (κ1) is 11.8. The molecule has 0 fully saturated rings. The number of hydrogen-bond acceptors (Lipinski definition) is 3. The number of rotatable bonds is 3. The van der Waals surface area contributed by atoms with E-state index < -0.39 is 0 Å². The van der Waals surface area contributed by atoms with E-state index in [0.717, 1.165) is 5.69 Å². The molecule has 1 amide bonds. The van der Waals surface area contributed by atoms with Crippen LogP contribution in [0.5, 0.6) is 0 Å². The van der Waals surface area contributed by atoms with Crippen molar-refractivity contribution >= 4 is 23.2 Å². The lowest BCUT2D eigenvalue weighted by atomic mass is 10.2. The second kappa shape index (κ2) is 4.98. The molecule has 1 rings (SSSR count). The van der Waals surface area contributed by atoms with Gasteiger partial charge in [-0.05, 0) is 13.0 Å². The standard InChI is InChI=1S/C10H14ClN3O/c1-7(10(15)14(2)3)13-9-4-5-12-6-8(9)11/h4-7H,1-3H3,(H,12,13). The fourth-order valence-electron chi connectivity index (χ4n) is 1.17. The van der Waals surface area contributed by atoms with Gasteiger partial charge >= 0.3 is 0 Å². The van der Waals surface area contributed by atoms with Crippen molar-refractivity contribution in [1.29, 1.82) is 0 Å². The van der Waals surface area contributed by atoms with Gasteiger partial charge in [0.25, 0.3) is 0 Å². The van der Waals surface area contributed by atoms with Crippen molar-refractivity contribution in [2.75, 3.05) is 19.4 Å². The van der Waals surface area contributed by atoms with Gasteiger partial charge in [0.1, 0.15) is 6.04 Å². The molecular formula is C10H14ClN3O. The van der Waals surface area contributed by atoms with Crippen LogP contribution in [0.25, 0.3) is 0 Å². The number of nitrogens with one attached hydrogen (secondary N) is 1. The molecular weight excluding hydrogens is 214 g/mol. The summed E-state index contributed by atoms with van der Waals surface area (Å²) in [6.07, 6.45) is 3.16. The van der Waals surface area contributed by atoms with Crippen molar-refractivity contribution in [3.8, 4) is 0 Å². The van der Waals surface area contributed by atoms with Gasteiger partial charge in [0, 0.05) is 26.5 Å². The monoisotopic (exact) mass is 227 g/mol. The van der Waals surface area contributed by atoms with Crippen molar-refractivity contribution in [2.24, 2.45) is 0 Å². The molecule has 0 spiro atoms. The molecule has 0 saturated heterocycles. The van der Waals surface area contributed by atoms with E-state index in [-0.39, 0.29) is 11.9 Å². The van der Waals surface area contributed by atoms with Gasteiger partial charge in [0.05, 0.1) is 10.7 Å². The fraction of sp³-hybridized carbons (Fsp3) is 0.400. The fourth-order valence-corrected chi connectivity index (χ4v) is 1.35.